The van der Waals surface area contributed by atoms with Crippen molar-refractivity contribution in [3.05, 3.63) is 35.4 Å². The van der Waals surface area contributed by atoms with Gasteiger partial charge in [0.2, 0.25) is 0 Å². The summed E-state index contributed by atoms with van der Waals surface area (Å²) in [5.74, 6) is 0.270. The van der Waals surface area contributed by atoms with Gasteiger partial charge in [-0.2, -0.15) is 0 Å². The van der Waals surface area contributed by atoms with Crippen LogP contribution in [0.5, 0.6) is 0 Å². The van der Waals surface area contributed by atoms with Crippen molar-refractivity contribution in [1.29, 1.82) is 0 Å². The second kappa shape index (κ2) is 8.67. The summed E-state index contributed by atoms with van der Waals surface area (Å²) in [7, 11) is 1.15. The highest BCUT2D eigenvalue weighted by atomic mass is 28.2. The Morgan fingerprint density at radius 2 is 1.67 bits per heavy atom. The number of rotatable bonds is 7. The van der Waals surface area contributed by atoms with Crippen LogP contribution in [0.4, 0.5) is 8.78 Å². The first kappa shape index (κ1) is 16.7. The molecule has 0 aromatic heterocycles. The van der Waals surface area contributed by atoms with Gasteiger partial charge in [0.05, 0.1) is 0 Å². The Morgan fingerprint density at radius 3 is 2.29 bits per heavy atom. The number of hydrogen-bond acceptors (Lipinski definition) is 0. The minimum absolute atomic E-state index is 0.715. The fourth-order valence-electron chi connectivity index (χ4n) is 3.36. The van der Waals surface area contributed by atoms with Crippen molar-refractivity contribution in [2.75, 3.05) is 0 Å². The van der Waals surface area contributed by atoms with Crippen LogP contribution >= 0.6 is 0 Å². The van der Waals surface area contributed by atoms with E-state index in [2.05, 4.69) is 6.92 Å². The Labute approximate surface area is 130 Å². The molecule has 0 heterocycles. The topological polar surface area (TPSA) is 0 Å². The number of halogens is 2. The lowest BCUT2D eigenvalue weighted by molar-refractivity contribution is 0.258. The third kappa shape index (κ3) is 5.53. The minimum atomic E-state index is -0.743. The van der Waals surface area contributed by atoms with Crippen LogP contribution in [-0.4, -0.2) is 9.52 Å². The Hall–Kier alpha value is -0.703. The monoisotopic (exact) mass is 308 g/mol. The first-order chi connectivity index (χ1) is 10.2. The highest BCUT2D eigenvalue weighted by Crippen LogP contribution is 2.34. The van der Waals surface area contributed by atoms with E-state index in [1.54, 1.807) is 6.07 Å². The average Bonchev–Trinajstić information content (AvgIpc) is 2.50. The van der Waals surface area contributed by atoms with Gasteiger partial charge in [-0.05, 0) is 42.4 Å². The molecular formula is C18H26F2Si. The number of hydrogen-bond donors (Lipinski definition) is 0. The fourth-order valence-corrected chi connectivity index (χ4v) is 4.32. The summed E-state index contributed by atoms with van der Waals surface area (Å²) >= 11 is 0. The van der Waals surface area contributed by atoms with Gasteiger partial charge >= 0.3 is 0 Å². The van der Waals surface area contributed by atoms with Crippen LogP contribution in [0.25, 0.3) is 0 Å². The molecular weight excluding hydrogens is 282 g/mol. The molecule has 1 aromatic rings. The lowest BCUT2D eigenvalue weighted by atomic mass is 9.78. The van der Waals surface area contributed by atoms with Gasteiger partial charge in [-0.15, -0.1) is 0 Å². The second-order valence-electron chi connectivity index (χ2n) is 6.32. The first-order valence-corrected chi connectivity index (χ1v) is 9.75. The molecule has 0 aliphatic heterocycles. The molecule has 21 heavy (non-hydrogen) atoms. The van der Waals surface area contributed by atoms with Crippen LogP contribution in [0.15, 0.2) is 18.2 Å². The van der Waals surface area contributed by atoms with Crippen LogP contribution in [0.1, 0.15) is 51.0 Å². The maximum absolute atomic E-state index is 13.2. The maximum Gasteiger partial charge on any atom is 0.159 e. The van der Waals surface area contributed by atoms with E-state index in [4.69, 9.17) is 0 Å². The van der Waals surface area contributed by atoms with E-state index in [0.717, 1.165) is 39.8 Å². The van der Waals surface area contributed by atoms with E-state index in [9.17, 15) is 8.78 Å². The van der Waals surface area contributed by atoms with Gasteiger partial charge in [-0.25, -0.2) is 8.78 Å². The van der Waals surface area contributed by atoms with Crippen LogP contribution in [0.3, 0.4) is 0 Å². The summed E-state index contributed by atoms with van der Waals surface area (Å²) in [4.78, 5) is 0. The Morgan fingerprint density at radius 1 is 1.00 bits per heavy atom. The molecule has 1 aliphatic carbocycles. The molecule has 1 fully saturated rings. The second-order valence-corrected chi connectivity index (χ2v) is 8.02. The Kier molecular flexibility index (Phi) is 6.88. The van der Waals surface area contributed by atoms with Crippen molar-refractivity contribution in [1.82, 2.24) is 0 Å². The van der Waals surface area contributed by atoms with E-state index in [1.807, 2.05) is 0 Å². The molecule has 1 aromatic carbocycles. The largest absolute Gasteiger partial charge is 0.204 e. The van der Waals surface area contributed by atoms with Crippen LogP contribution in [0, 0.1) is 23.5 Å². The van der Waals surface area contributed by atoms with Gasteiger partial charge in [0.25, 0.3) is 0 Å². The highest BCUT2D eigenvalue weighted by Gasteiger charge is 2.20. The minimum Gasteiger partial charge on any atom is -0.204 e. The molecule has 0 nitrogen and oxygen atoms in total. The van der Waals surface area contributed by atoms with Crippen molar-refractivity contribution in [2.45, 2.75) is 64.0 Å². The smallest absolute Gasteiger partial charge is 0.159 e. The zero-order valence-corrected chi connectivity index (χ0v) is 14.0. The molecule has 0 spiro atoms. The molecule has 0 atom stereocenters. The average molecular weight is 308 g/mol. The molecule has 2 radical (unpaired) electrons. The molecule has 1 aliphatic rings. The Bertz CT molecular complexity index is 425. The standard InChI is InChI=1S/C18H26F2Si/c1-2-21-12-11-15-5-3-14(4-6-15)7-8-16-9-10-17(19)18(20)13-16/h9-10,13-15H,2-8,11-12H2,1H3. The quantitative estimate of drug-likeness (QED) is 0.451. The van der Waals surface area contributed by atoms with Gasteiger partial charge in [0.1, 0.15) is 0 Å². The summed E-state index contributed by atoms with van der Waals surface area (Å²) < 4.78 is 26.1. The van der Waals surface area contributed by atoms with Crippen molar-refractivity contribution in [2.24, 2.45) is 11.8 Å². The third-order valence-electron chi connectivity index (χ3n) is 4.77. The fraction of sp³-hybridized carbons (Fsp3) is 0.667. The van der Waals surface area contributed by atoms with Crippen molar-refractivity contribution < 1.29 is 8.78 Å². The van der Waals surface area contributed by atoms with E-state index >= 15 is 0 Å². The Balaban J connectivity index is 1.67. The summed E-state index contributed by atoms with van der Waals surface area (Å²) in [6, 6.07) is 7.07. The van der Waals surface area contributed by atoms with Crippen LogP contribution in [0.2, 0.25) is 12.1 Å². The normalized spacial score (nSPS) is 22.4. The van der Waals surface area contributed by atoms with Gasteiger partial charge in [0, 0.05) is 9.52 Å². The first-order valence-electron chi connectivity index (χ1n) is 8.33. The molecule has 0 unspecified atom stereocenters. The SMILES string of the molecule is CC[Si]CCC1CCC(CCc2ccc(F)c(F)c2)CC1. The maximum atomic E-state index is 13.2. The van der Waals surface area contributed by atoms with Crippen LogP contribution < -0.4 is 0 Å². The number of aryl methyl sites for hydroxylation is 1. The lowest BCUT2D eigenvalue weighted by Gasteiger charge is -2.28. The zero-order chi connectivity index (χ0) is 15.1. The molecule has 2 rings (SSSR count). The summed E-state index contributed by atoms with van der Waals surface area (Å²) in [5, 5.41) is 0. The van der Waals surface area contributed by atoms with Gasteiger partial charge in [-0.3, -0.25) is 0 Å². The molecule has 0 amide bonds. The summed E-state index contributed by atoms with van der Waals surface area (Å²) in [6.45, 7) is 2.27. The van der Waals surface area contributed by atoms with E-state index in [1.165, 1.54) is 56.3 Å². The van der Waals surface area contributed by atoms with Crippen molar-refractivity contribution in [3.8, 4) is 0 Å². The van der Waals surface area contributed by atoms with E-state index in [-0.39, 0.29) is 0 Å². The molecule has 116 valence electrons. The van der Waals surface area contributed by atoms with Gasteiger partial charge in [-0.1, -0.05) is 57.2 Å². The van der Waals surface area contributed by atoms with E-state index in [0.29, 0.717) is 0 Å². The molecule has 3 heteroatoms. The molecule has 0 bridgehead atoms. The predicted molar refractivity (Wildman–Crippen MR) is 85.8 cm³/mol. The van der Waals surface area contributed by atoms with E-state index < -0.39 is 11.6 Å². The highest BCUT2D eigenvalue weighted by molar-refractivity contribution is 6.35. The number of benzene rings is 1. The van der Waals surface area contributed by atoms with Gasteiger partial charge < -0.3 is 0 Å². The molecule has 0 saturated heterocycles. The third-order valence-corrected chi connectivity index (χ3v) is 5.91. The van der Waals surface area contributed by atoms with Crippen LogP contribution in [-0.2, 0) is 6.42 Å². The zero-order valence-electron chi connectivity index (χ0n) is 13.0. The van der Waals surface area contributed by atoms with Crippen molar-refractivity contribution >= 4 is 9.52 Å². The summed E-state index contributed by atoms with van der Waals surface area (Å²) in [6.07, 6.45) is 8.81. The lowest BCUT2D eigenvalue weighted by Crippen LogP contribution is -2.15. The summed E-state index contributed by atoms with van der Waals surface area (Å²) in [5.41, 5.74) is 0.931. The molecule has 0 N–H and O–H groups in total. The predicted octanol–water partition coefficient (Wildman–Crippen LogP) is 5.65. The van der Waals surface area contributed by atoms with Crippen molar-refractivity contribution in [3.63, 3.8) is 0 Å². The van der Waals surface area contributed by atoms with Gasteiger partial charge in [0.15, 0.2) is 11.6 Å². The molecule has 1 saturated carbocycles.